The van der Waals surface area contributed by atoms with Crippen LogP contribution in [0.25, 0.3) is 0 Å². The first kappa shape index (κ1) is 25.7. The van der Waals surface area contributed by atoms with E-state index in [-0.39, 0.29) is 11.4 Å². The van der Waals surface area contributed by atoms with E-state index in [1.54, 1.807) is 48.5 Å². The maximum atomic E-state index is 13.7. The van der Waals surface area contributed by atoms with Gasteiger partial charge in [-0.05, 0) is 61.4 Å². The van der Waals surface area contributed by atoms with Gasteiger partial charge < -0.3 is 5.32 Å². The van der Waals surface area contributed by atoms with Crippen LogP contribution in [0.15, 0.2) is 112 Å². The molecule has 7 heteroatoms. The van der Waals surface area contributed by atoms with Crippen molar-refractivity contribution in [3.8, 4) is 0 Å². The Morgan fingerprint density at radius 2 is 1.31 bits per heavy atom. The van der Waals surface area contributed by atoms with Crippen LogP contribution in [0.2, 0.25) is 0 Å². The van der Waals surface area contributed by atoms with Crippen LogP contribution >= 0.6 is 15.9 Å². The summed E-state index contributed by atoms with van der Waals surface area (Å²) < 4.78 is 29.3. The van der Waals surface area contributed by atoms with Gasteiger partial charge in [-0.2, -0.15) is 0 Å². The fraction of sp³-hybridized carbons (Fsp3) is 0.138. The molecule has 1 N–H and O–H groups in total. The number of hydrogen-bond donors (Lipinski definition) is 1. The highest BCUT2D eigenvalue weighted by atomic mass is 79.9. The van der Waals surface area contributed by atoms with Crippen molar-refractivity contribution >= 4 is 37.5 Å². The van der Waals surface area contributed by atoms with Crippen molar-refractivity contribution in [2.45, 2.75) is 24.8 Å². The number of rotatable bonds is 8. The predicted octanol–water partition coefficient (Wildman–Crippen LogP) is 6.17. The molecule has 0 aliphatic rings. The Bertz CT molecular complexity index is 1420. The summed E-state index contributed by atoms with van der Waals surface area (Å²) >= 11 is 3.39. The Labute approximate surface area is 221 Å². The number of benzene rings is 4. The zero-order valence-corrected chi connectivity index (χ0v) is 22.5. The van der Waals surface area contributed by atoms with Gasteiger partial charge in [-0.3, -0.25) is 9.10 Å². The molecule has 4 aromatic rings. The zero-order valence-electron chi connectivity index (χ0n) is 20.1. The molecule has 0 saturated heterocycles. The molecule has 0 aliphatic carbocycles. The molecule has 4 rings (SSSR count). The lowest BCUT2D eigenvalue weighted by Gasteiger charge is -2.26. The van der Waals surface area contributed by atoms with Gasteiger partial charge >= 0.3 is 0 Å². The number of halogens is 1. The Morgan fingerprint density at radius 1 is 0.778 bits per heavy atom. The Kier molecular flexibility index (Phi) is 7.91. The Hall–Kier alpha value is -3.42. The van der Waals surface area contributed by atoms with Crippen LogP contribution < -0.4 is 9.62 Å². The van der Waals surface area contributed by atoms with Gasteiger partial charge in [-0.15, -0.1) is 0 Å². The molecule has 0 saturated carbocycles. The van der Waals surface area contributed by atoms with E-state index < -0.39 is 22.0 Å². The Morgan fingerprint density at radius 3 is 1.89 bits per heavy atom. The van der Waals surface area contributed by atoms with Gasteiger partial charge in [-0.1, -0.05) is 93.8 Å². The monoisotopic (exact) mass is 562 g/mol. The molecule has 184 valence electrons. The van der Waals surface area contributed by atoms with E-state index >= 15 is 0 Å². The highest BCUT2D eigenvalue weighted by Crippen LogP contribution is 2.27. The molecule has 0 unspecified atom stereocenters. The van der Waals surface area contributed by atoms with Crippen LogP contribution in [0.1, 0.15) is 28.3 Å². The van der Waals surface area contributed by atoms with Gasteiger partial charge in [0.15, 0.2) is 0 Å². The van der Waals surface area contributed by atoms with Crippen molar-refractivity contribution in [2.24, 2.45) is 0 Å². The zero-order chi connectivity index (χ0) is 25.7. The quantitative estimate of drug-likeness (QED) is 0.279. The third-order valence-electron chi connectivity index (χ3n) is 5.86. The van der Waals surface area contributed by atoms with Crippen molar-refractivity contribution in [3.63, 3.8) is 0 Å². The van der Waals surface area contributed by atoms with E-state index in [4.69, 9.17) is 0 Å². The van der Waals surface area contributed by atoms with E-state index in [2.05, 4.69) is 21.2 Å². The lowest BCUT2D eigenvalue weighted by atomic mass is 9.98. The van der Waals surface area contributed by atoms with Gasteiger partial charge in [0.25, 0.3) is 10.0 Å². The molecule has 0 aromatic heterocycles. The maximum absolute atomic E-state index is 13.7. The standard InChI is InChI=1S/C29H27BrN2O3S/c1-21-8-12-24(13-9-21)29(23-6-4-3-5-7-23)31-28(33)20-32(26-16-14-25(30)15-17-26)36(34,35)27-18-10-22(2)11-19-27/h3-19,29H,20H2,1-2H3,(H,31,33)/t29-/m0/s1. The third-order valence-corrected chi connectivity index (χ3v) is 8.18. The largest absolute Gasteiger partial charge is 0.344 e. The predicted molar refractivity (Wildman–Crippen MR) is 147 cm³/mol. The van der Waals surface area contributed by atoms with E-state index in [0.29, 0.717) is 5.69 Å². The summed E-state index contributed by atoms with van der Waals surface area (Å²) in [4.78, 5) is 13.6. The molecular formula is C29H27BrN2O3S. The molecule has 36 heavy (non-hydrogen) atoms. The van der Waals surface area contributed by atoms with Gasteiger partial charge in [0.2, 0.25) is 5.91 Å². The van der Waals surface area contributed by atoms with Crippen molar-refractivity contribution in [3.05, 3.63) is 130 Å². The number of hydrogen-bond acceptors (Lipinski definition) is 3. The molecular weight excluding hydrogens is 536 g/mol. The lowest BCUT2D eigenvalue weighted by Crippen LogP contribution is -2.42. The van der Waals surface area contributed by atoms with Crippen LogP contribution in [0, 0.1) is 13.8 Å². The SMILES string of the molecule is Cc1ccc([C@@H](NC(=O)CN(c2ccc(Br)cc2)S(=O)(=O)c2ccc(C)cc2)c2ccccc2)cc1. The molecule has 0 bridgehead atoms. The second kappa shape index (κ2) is 11.1. The molecule has 4 aromatic carbocycles. The van der Waals surface area contributed by atoms with Crippen LogP contribution in [-0.2, 0) is 14.8 Å². The first-order valence-electron chi connectivity index (χ1n) is 11.5. The number of carbonyl (C=O) groups excluding carboxylic acids is 1. The fourth-order valence-corrected chi connectivity index (χ4v) is 5.55. The lowest BCUT2D eigenvalue weighted by molar-refractivity contribution is -0.120. The number of nitrogens with one attached hydrogen (secondary N) is 1. The fourth-order valence-electron chi connectivity index (χ4n) is 3.86. The number of sulfonamides is 1. The summed E-state index contributed by atoms with van der Waals surface area (Å²) in [5, 5.41) is 3.06. The molecule has 0 radical (unpaired) electrons. The molecule has 0 heterocycles. The molecule has 0 aliphatic heterocycles. The molecule has 0 fully saturated rings. The van der Waals surface area contributed by atoms with Gasteiger partial charge in [-0.25, -0.2) is 8.42 Å². The number of anilines is 1. The summed E-state index contributed by atoms with van der Waals surface area (Å²) in [6, 6.07) is 30.6. The number of amides is 1. The van der Waals surface area contributed by atoms with E-state index in [9.17, 15) is 13.2 Å². The topological polar surface area (TPSA) is 66.5 Å². The summed E-state index contributed by atoms with van der Waals surface area (Å²) in [6.07, 6.45) is 0. The van der Waals surface area contributed by atoms with Gasteiger partial charge in [0.1, 0.15) is 6.54 Å². The molecule has 1 atom stereocenters. The van der Waals surface area contributed by atoms with Crippen LogP contribution in [-0.4, -0.2) is 20.9 Å². The average Bonchev–Trinajstić information content (AvgIpc) is 2.88. The van der Waals surface area contributed by atoms with Crippen molar-refractivity contribution in [1.82, 2.24) is 5.32 Å². The van der Waals surface area contributed by atoms with Crippen molar-refractivity contribution in [2.75, 3.05) is 10.8 Å². The van der Waals surface area contributed by atoms with E-state index in [1.807, 2.05) is 68.4 Å². The normalized spacial score (nSPS) is 12.1. The van der Waals surface area contributed by atoms with Crippen LogP contribution in [0.3, 0.4) is 0 Å². The Balaban J connectivity index is 1.68. The van der Waals surface area contributed by atoms with E-state index in [0.717, 1.165) is 31.0 Å². The molecule has 5 nitrogen and oxygen atoms in total. The van der Waals surface area contributed by atoms with Crippen molar-refractivity contribution < 1.29 is 13.2 Å². The summed E-state index contributed by atoms with van der Waals surface area (Å²) in [6.45, 7) is 3.53. The number of aryl methyl sites for hydroxylation is 2. The molecule has 1 amide bonds. The summed E-state index contributed by atoms with van der Waals surface area (Å²) in [5.74, 6) is -0.414. The summed E-state index contributed by atoms with van der Waals surface area (Å²) in [5.41, 5.74) is 4.29. The highest BCUT2D eigenvalue weighted by Gasteiger charge is 2.28. The van der Waals surface area contributed by atoms with E-state index in [1.165, 1.54) is 0 Å². The maximum Gasteiger partial charge on any atom is 0.264 e. The average molecular weight is 564 g/mol. The smallest absolute Gasteiger partial charge is 0.264 e. The third kappa shape index (κ3) is 6.04. The second-order valence-electron chi connectivity index (χ2n) is 8.62. The second-order valence-corrected chi connectivity index (χ2v) is 11.4. The number of nitrogens with zero attached hydrogens (tertiary/aromatic N) is 1. The minimum Gasteiger partial charge on any atom is -0.344 e. The minimum atomic E-state index is -3.99. The van der Waals surface area contributed by atoms with Crippen LogP contribution in [0.5, 0.6) is 0 Å². The number of carbonyl (C=O) groups is 1. The van der Waals surface area contributed by atoms with Crippen molar-refractivity contribution in [1.29, 1.82) is 0 Å². The first-order valence-corrected chi connectivity index (χ1v) is 13.7. The van der Waals surface area contributed by atoms with Gasteiger partial charge in [0, 0.05) is 4.47 Å². The first-order chi connectivity index (χ1) is 17.2. The molecule has 0 spiro atoms. The van der Waals surface area contributed by atoms with Gasteiger partial charge in [0.05, 0.1) is 16.6 Å². The summed E-state index contributed by atoms with van der Waals surface area (Å²) in [7, 11) is -3.99. The highest BCUT2D eigenvalue weighted by molar-refractivity contribution is 9.10. The van der Waals surface area contributed by atoms with Crippen LogP contribution in [0.4, 0.5) is 5.69 Å². The minimum absolute atomic E-state index is 0.127.